The van der Waals surface area contributed by atoms with Gasteiger partial charge in [-0.3, -0.25) is 4.90 Å². The molecule has 2 nitrogen and oxygen atoms in total. The van der Waals surface area contributed by atoms with Gasteiger partial charge in [-0.25, -0.2) is 4.39 Å². The topological polar surface area (TPSA) is 15.3 Å². The maximum atomic E-state index is 13.0. The summed E-state index contributed by atoms with van der Waals surface area (Å²) in [5.41, 5.74) is 1.23. The minimum Gasteiger partial charge on any atom is -0.316 e. The van der Waals surface area contributed by atoms with E-state index in [0.29, 0.717) is 12.1 Å². The number of rotatable bonds is 3. The third-order valence-corrected chi connectivity index (χ3v) is 5.03. The monoisotopic (exact) mass is 262 g/mol. The summed E-state index contributed by atoms with van der Waals surface area (Å²) in [6.07, 6.45) is 1.20. The lowest BCUT2D eigenvalue weighted by molar-refractivity contribution is 0.165. The minimum atomic E-state index is -0.148. The number of nitrogens with zero attached hydrogens (tertiary/aromatic N) is 1. The summed E-state index contributed by atoms with van der Waals surface area (Å²) in [6.45, 7) is 8.04. The Balaban J connectivity index is 1.79. The molecular weight excluding hydrogens is 239 g/mol. The SMILES string of the molecule is CCC1C2CNCC2CN1C(C)c1ccc(F)cc1. The summed E-state index contributed by atoms with van der Waals surface area (Å²) in [5.74, 6) is 1.45. The van der Waals surface area contributed by atoms with Crippen LogP contribution in [0.2, 0.25) is 0 Å². The van der Waals surface area contributed by atoms with E-state index in [2.05, 4.69) is 24.1 Å². The van der Waals surface area contributed by atoms with Crippen molar-refractivity contribution in [1.29, 1.82) is 0 Å². The molecule has 2 saturated heterocycles. The number of likely N-dealkylation sites (tertiary alicyclic amines) is 1. The predicted octanol–water partition coefficient (Wildman–Crippen LogP) is 2.82. The van der Waals surface area contributed by atoms with E-state index in [9.17, 15) is 4.39 Å². The molecule has 0 amide bonds. The number of hydrogen-bond donors (Lipinski definition) is 1. The molecule has 2 fully saturated rings. The van der Waals surface area contributed by atoms with Crippen molar-refractivity contribution < 1.29 is 4.39 Å². The van der Waals surface area contributed by atoms with Crippen molar-refractivity contribution in [2.45, 2.75) is 32.4 Å². The zero-order chi connectivity index (χ0) is 13.4. The highest BCUT2D eigenvalue weighted by Crippen LogP contribution is 2.39. The fourth-order valence-electron chi connectivity index (χ4n) is 3.97. The Kier molecular flexibility index (Phi) is 3.59. The molecule has 3 heteroatoms. The molecule has 0 aromatic heterocycles. The van der Waals surface area contributed by atoms with Gasteiger partial charge in [0.05, 0.1) is 0 Å². The van der Waals surface area contributed by atoms with Crippen molar-refractivity contribution in [2.24, 2.45) is 11.8 Å². The van der Waals surface area contributed by atoms with Crippen molar-refractivity contribution >= 4 is 0 Å². The van der Waals surface area contributed by atoms with E-state index in [0.717, 1.165) is 24.9 Å². The Hall–Kier alpha value is -0.930. The van der Waals surface area contributed by atoms with E-state index in [-0.39, 0.29) is 5.82 Å². The van der Waals surface area contributed by atoms with Crippen molar-refractivity contribution in [3.8, 4) is 0 Å². The molecule has 0 bridgehead atoms. The van der Waals surface area contributed by atoms with Gasteiger partial charge in [0.25, 0.3) is 0 Å². The van der Waals surface area contributed by atoms with Gasteiger partial charge < -0.3 is 5.32 Å². The summed E-state index contributed by atoms with van der Waals surface area (Å²) < 4.78 is 13.0. The Morgan fingerprint density at radius 2 is 2.05 bits per heavy atom. The van der Waals surface area contributed by atoms with Gasteiger partial charge >= 0.3 is 0 Å². The zero-order valence-electron chi connectivity index (χ0n) is 11.8. The summed E-state index contributed by atoms with van der Waals surface area (Å²) >= 11 is 0. The van der Waals surface area contributed by atoms with Crippen molar-refractivity contribution in [3.63, 3.8) is 0 Å². The predicted molar refractivity (Wildman–Crippen MR) is 75.4 cm³/mol. The first-order valence-electron chi connectivity index (χ1n) is 7.42. The Bertz CT molecular complexity index is 431. The summed E-state index contributed by atoms with van der Waals surface area (Å²) in [7, 11) is 0. The van der Waals surface area contributed by atoms with Gasteiger partial charge in [-0.2, -0.15) is 0 Å². The van der Waals surface area contributed by atoms with Gasteiger partial charge in [0.15, 0.2) is 0 Å². The van der Waals surface area contributed by atoms with Gasteiger partial charge in [-0.1, -0.05) is 19.1 Å². The number of hydrogen-bond acceptors (Lipinski definition) is 2. The van der Waals surface area contributed by atoms with E-state index in [1.807, 2.05) is 12.1 Å². The Labute approximate surface area is 115 Å². The highest BCUT2D eigenvalue weighted by Gasteiger charge is 2.44. The van der Waals surface area contributed by atoms with Crippen LogP contribution in [0.4, 0.5) is 4.39 Å². The molecule has 0 aliphatic carbocycles. The average molecular weight is 262 g/mol. The highest BCUT2D eigenvalue weighted by molar-refractivity contribution is 5.20. The van der Waals surface area contributed by atoms with Crippen LogP contribution in [0.15, 0.2) is 24.3 Å². The van der Waals surface area contributed by atoms with Crippen LogP contribution in [0.1, 0.15) is 31.9 Å². The lowest BCUT2D eigenvalue weighted by Gasteiger charge is -2.32. The number of benzene rings is 1. The van der Waals surface area contributed by atoms with Gasteiger partial charge in [0, 0.05) is 18.6 Å². The number of nitrogens with one attached hydrogen (secondary N) is 1. The summed E-state index contributed by atoms with van der Waals surface area (Å²) in [6, 6.07) is 8.06. The van der Waals surface area contributed by atoms with Crippen LogP contribution >= 0.6 is 0 Å². The zero-order valence-corrected chi connectivity index (χ0v) is 11.8. The van der Waals surface area contributed by atoms with Crippen molar-refractivity contribution in [2.75, 3.05) is 19.6 Å². The molecule has 2 aliphatic heterocycles. The summed E-state index contributed by atoms with van der Waals surface area (Å²) in [4.78, 5) is 2.63. The smallest absolute Gasteiger partial charge is 0.123 e. The van der Waals surface area contributed by atoms with Crippen LogP contribution in [0, 0.1) is 17.7 Å². The van der Waals surface area contributed by atoms with Crippen LogP contribution in [-0.2, 0) is 0 Å². The minimum absolute atomic E-state index is 0.148. The summed E-state index contributed by atoms with van der Waals surface area (Å²) in [5, 5.41) is 3.52. The van der Waals surface area contributed by atoms with Crippen LogP contribution in [0.5, 0.6) is 0 Å². The molecule has 0 saturated carbocycles. The van der Waals surface area contributed by atoms with Crippen LogP contribution in [-0.4, -0.2) is 30.6 Å². The van der Waals surface area contributed by atoms with Gasteiger partial charge in [0.1, 0.15) is 5.82 Å². The molecule has 3 rings (SSSR count). The molecule has 19 heavy (non-hydrogen) atoms. The largest absolute Gasteiger partial charge is 0.316 e. The van der Waals surface area contributed by atoms with E-state index in [1.54, 1.807) is 12.1 Å². The molecule has 1 aromatic carbocycles. The second kappa shape index (κ2) is 5.22. The molecule has 1 aromatic rings. The van der Waals surface area contributed by atoms with E-state index in [1.165, 1.54) is 18.5 Å². The second-order valence-corrected chi connectivity index (χ2v) is 5.98. The van der Waals surface area contributed by atoms with Gasteiger partial charge in [-0.15, -0.1) is 0 Å². The second-order valence-electron chi connectivity index (χ2n) is 5.98. The fraction of sp³-hybridized carbons (Fsp3) is 0.625. The third kappa shape index (κ3) is 2.30. The van der Waals surface area contributed by atoms with Crippen LogP contribution < -0.4 is 5.32 Å². The molecule has 2 aliphatic rings. The third-order valence-electron chi connectivity index (χ3n) is 5.03. The molecule has 1 N–H and O–H groups in total. The standard InChI is InChI=1S/C16H23FN2/c1-3-16-15-9-18-8-13(15)10-19(16)11(2)12-4-6-14(17)7-5-12/h4-7,11,13,15-16,18H,3,8-10H2,1-2H3. The van der Waals surface area contributed by atoms with Gasteiger partial charge in [0.2, 0.25) is 0 Å². The average Bonchev–Trinajstić information content (AvgIpc) is 2.98. The maximum Gasteiger partial charge on any atom is 0.123 e. The molecule has 4 unspecified atom stereocenters. The highest BCUT2D eigenvalue weighted by atomic mass is 19.1. The Morgan fingerprint density at radius 3 is 2.74 bits per heavy atom. The van der Waals surface area contributed by atoms with Gasteiger partial charge in [-0.05, 0) is 56.0 Å². The first-order valence-corrected chi connectivity index (χ1v) is 7.42. The first kappa shape index (κ1) is 13.1. The van der Waals surface area contributed by atoms with E-state index >= 15 is 0 Å². The van der Waals surface area contributed by atoms with Crippen molar-refractivity contribution in [1.82, 2.24) is 10.2 Å². The quantitative estimate of drug-likeness (QED) is 0.901. The van der Waals surface area contributed by atoms with Crippen molar-refractivity contribution in [3.05, 3.63) is 35.6 Å². The normalized spacial score (nSPS) is 32.5. The Morgan fingerprint density at radius 1 is 1.32 bits per heavy atom. The van der Waals surface area contributed by atoms with E-state index < -0.39 is 0 Å². The molecule has 4 atom stereocenters. The molecule has 0 radical (unpaired) electrons. The fourth-order valence-corrected chi connectivity index (χ4v) is 3.97. The first-order chi connectivity index (χ1) is 9.20. The lowest BCUT2D eigenvalue weighted by atomic mass is 9.92. The molecule has 0 spiro atoms. The number of fused-ring (bicyclic) bond motifs is 1. The maximum absolute atomic E-state index is 13.0. The molecule has 104 valence electrons. The lowest BCUT2D eigenvalue weighted by Crippen LogP contribution is -2.36. The number of halogens is 1. The van der Waals surface area contributed by atoms with Crippen LogP contribution in [0.3, 0.4) is 0 Å². The molecule has 2 heterocycles. The van der Waals surface area contributed by atoms with Crippen LogP contribution in [0.25, 0.3) is 0 Å². The molecular formula is C16H23FN2. The van der Waals surface area contributed by atoms with E-state index in [4.69, 9.17) is 0 Å².